The maximum Gasteiger partial charge on any atom is 0.332 e. The molecule has 11 nitrogen and oxygen atoms in total. The highest BCUT2D eigenvalue weighted by Gasteiger charge is 2.21. The number of hydrogen-bond acceptors (Lipinski definition) is 8. The lowest BCUT2D eigenvalue weighted by atomic mass is 10.1. The van der Waals surface area contributed by atoms with Gasteiger partial charge in [-0.25, -0.2) is 10.2 Å². The second-order valence-electron chi connectivity index (χ2n) is 8.51. The number of aromatic hydroxyl groups is 1. The molecule has 4 aromatic rings. The number of phenolic OH excluding ortho intramolecular Hbond substituents is 1. The topological polar surface area (TPSA) is 136 Å². The van der Waals surface area contributed by atoms with Gasteiger partial charge >= 0.3 is 5.69 Å². The van der Waals surface area contributed by atoms with Crippen LogP contribution < -0.4 is 21.4 Å². The molecule has 0 saturated carbocycles. The number of anilines is 1. The summed E-state index contributed by atoms with van der Waals surface area (Å²) < 4.78 is 9.53. The van der Waals surface area contributed by atoms with Crippen LogP contribution in [0.2, 0.25) is 0 Å². The van der Waals surface area contributed by atoms with Crippen LogP contribution >= 0.6 is 0 Å². The van der Waals surface area contributed by atoms with Crippen LogP contribution in [0.25, 0.3) is 11.2 Å². The van der Waals surface area contributed by atoms with E-state index in [1.807, 2.05) is 31.2 Å². The summed E-state index contributed by atoms with van der Waals surface area (Å²) in [4.78, 5) is 29.9. The standard InChI is InChI=1S/C25H28N6O5/c1-15-7-5-6-8-20(15)36-14-19(33)13-31-21-22(29(3)25(35)30(4)23(21)34)26-24(31)28-27-16(2)17-9-11-18(32)12-10-17/h5-12,19,32-33H,13-14H2,1-4H3,(H,26,28)/b27-16+/t19-/m1/s1. The molecule has 0 saturated heterocycles. The number of benzene rings is 2. The minimum atomic E-state index is -0.994. The minimum Gasteiger partial charge on any atom is -0.508 e. The number of hydrazone groups is 1. The Morgan fingerprint density at radius 1 is 1.11 bits per heavy atom. The molecule has 4 rings (SSSR count). The molecule has 3 N–H and O–H groups in total. The number of para-hydroxylation sites is 1. The van der Waals surface area contributed by atoms with Crippen LogP contribution in [0.4, 0.5) is 5.95 Å². The fourth-order valence-electron chi connectivity index (χ4n) is 3.78. The molecule has 11 heteroatoms. The Balaban J connectivity index is 1.69. The van der Waals surface area contributed by atoms with Gasteiger partial charge < -0.3 is 19.5 Å². The average molecular weight is 493 g/mol. The maximum atomic E-state index is 13.0. The third-order valence-electron chi connectivity index (χ3n) is 5.87. The third-order valence-corrected chi connectivity index (χ3v) is 5.87. The highest BCUT2D eigenvalue weighted by atomic mass is 16.5. The van der Waals surface area contributed by atoms with E-state index in [2.05, 4.69) is 15.5 Å². The molecule has 0 aliphatic carbocycles. The Hall–Kier alpha value is -4.38. The van der Waals surface area contributed by atoms with Gasteiger partial charge in [-0.2, -0.15) is 10.1 Å². The molecule has 0 unspecified atom stereocenters. The monoisotopic (exact) mass is 492 g/mol. The summed E-state index contributed by atoms with van der Waals surface area (Å²) in [5.41, 5.74) is 4.40. The number of ether oxygens (including phenoxy) is 1. The molecule has 36 heavy (non-hydrogen) atoms. The molecule has 0 radical (unpaired) electrons. The number of aliphatic hydroxyl groups is 1. The molecule has 0 fully saturated rings. The van der Waals surface area contributed by atoms with E-state index in [1.165, 1.54) is 23.2 Å². The first-order chi connectivity index (χ1) is 17.2. The Morgan fingerprint density at radius 2 is 1.81 bits per heavy atom. The van der Waals surface area contributed by atoms with Crippen LogP contribution in [-0.2, 0) is 20.6 Å². The number of imidazole rings is 1. The smallest absolute Gasteiger partial charge is 0.332 e. The second kappa shape index (κ2) is 10.1. The van der Waals surface area contributed by atoms with Crippen LogP contribution in [0.15, 0.2) is 63.2 Å². The summed E-state index contributed by atoms with van der Waals surface area (Å²) in [6.45, 7) is 3.62. The van der Waals surface area contributed by atoms with Gasteiger partial charge in [-0.05, 0) is 55.3 Å². The van der Waals surface area contributed by atoms with E-state index in [9.17, 15) is 19.8 Å². The molecule has 2 aromatic heterocycles. The van der Waals surface area contributed by atoms with Crippen molar-refractivity contribution in [2.45, 2.75) is 26.5 Å². The molecule has 0 spiro atoms. The number of aliphatic hydroxyl groups excluding tert-OH is 1. The van der Waals surface area contributed by atoms with Crippen molar-refractivity contribution in [3.63, 3.8) is 0 Å². The molecule has 0 amide bonds. The fraction of sp³-hybridized carbons (Fsp3) is 0.280. The lowest BCUT2D eigenvalue weighted by Gasteiger charge is -2.16. The Morgan fingerprint density at radius 3 is 2.50 bits per heavy atom. The maximum absolute atomic E-state index is 13.0. The molecule has 2 heterocycles. The summed E-state index contributed by atoms with van der Waals surface area (Å²) in [5, 5.41) is 24.7. The molecular formula is C25H28N6O5. The van der Waals surface area contributed by atoms with E-state index >= 15 is 0 Å². The molecule has 0 bridgehead atoms. The SMILES string of the molecule is C/C(=N\Nc1nc2c(c(=O)n(C)c(=O)n2C)n1C[C@@H](O)COc1ccccc1C)c1ccc(O)cc1. The average Bonchev–Trinajstić information content (AvgIpc) is 3.22. The fourth-order valence-corrected chi connectivity index (χ4v) is 3.78. The van der Waals surface area contributed by atoms with Crippen molar-refractivity contribution >= 4 is 22.8 Å². The van der Waals surface area contributed by atoms with Gasteiger partial charge in [0.05, 0.1) is 12.3 Å². The Bertz CT molecular complexity index is 1550. The zero-order chi connectivity index (χ0) is 26.0. The predicted molar refractivity (Wildman–Crippen MR) is 137 cm³/mol. The van der Waals surface area contributed by atoms with Crippen LogP contribution in [0.1, 0.15) is 18.1 Å². The number of aryl methyl sites for hydroxylation is 2. The summed E-state index contributed by atoms with van der Waals surface area (Å²) in [7, 11) is 2.91. The number of phenols is 1. The van der Waals surface area contributed by atoms with E-state index in [-0.39, 0.29) is 36.0 Å². The second-order valence-corrected chi connectivity index (χ2v) is 8.51. The number of nitrogens with zero attached hydrogens (tertiary/aromatic N) is 5. The summed E-state index contributed by atoms with van der Waals surface area (Å²) in [5.74, 6) is 0.967. The van der Waals surface area contributed by atoms with Crippen molar-refractivity contribution in [1.82, 2.24) is 18.7 Å². The first-order valence-corrected chi connectivity index (χ1v) is 11.3. The van der Waals surface area contributed by atoms with Gasteiger partial charge in [-0.1, -0.05) is 18.2 Å². The first-order valence-electron chi connectivity index (χ1n) is 11.3. The van der Waals surface area contributed by atoms with Crippen molar-refractivity contribution in [3.8, 4) is 11.5 Å². The summed E-state index contributed by atoms with van der Waals surface area (Å²) in [6, 6.07) is 14.0. The van der Waals surface area contributed by atoms with Gasteiger partial charge in [0.15, 0.2) is 11.2 Å². The van der Waals surface area contributed by atoms with Gasteiger partial charge in [-0.3, -0.25) is 13.9 Å². The highest BCUT2D eigenvalue weighted by Crippen LogP contribution is 2.19. The lowest BCUT2D eigenvalue weighted by Crippen LogP contribution is -2.38. The predicted octanol–water partition coefficient (Wildman–Crippen LogP) is 1.72. The quantitative estimate of drug-likeness (QED) is 0.252. The molecular weight excluding hydrogens is 464 g/mol. The number of hydrogen-bond donors (Lipinski definition) is 3. The number of aromatic nitrogens is 4. The van der Waals surface area contributed by atoms with E-state index in [0.29, 0.717) is 11.5 Å². The largest absolute Gasteiger partial charge is 0.508 e. The van der Waals surface area contributed by atoms with Crippen LogP contribution in [0.3, 0.4) is 0 Å². The van der Waals surface area contributed by atoms with Crippen LogP contribution in [-0.4, -0.2) is 47.3 Å². The van der Waals surface area contributed by atoms with Gasteiger partial charge in [0, 0.05) is 14.1 Å². The number of rotatable bonds is 8. The lowest BCUT2D eigenvalue weighted by molar-refractivity contribution is 0.0935. The van der Waals surface area contributed by atoms with Crippen molar-refractivity contribution in [1.29, 1.82) is 0 Å². The third kappa shape index (κ3) is 4.86. The van der Waals surface area contributed by atoms with Crippen molar-refractivity contribution in [2.75, 3.05) is 12.0 Å². The normalized spacial score (nSPS) is 12.6. The summed E-state index contributed by atoms with van der Waals surface area (Å²) >= 11 is 0. The minimum absolute atomic E-state index is 0.0220. The van der Waals surface area contributed by atoms with Gasteiger partial charge in [-0.15, -0.1) is 0 Å². The van der Waals surface area contributed by atoms with Gasteiger partial charge in [0.2, 0.25) is 5.95 Å². The molecule has 2 aromatic carbocycles. The van der Waals surface area contributed by atoms with E-state index < -0.39 is 17.4 Å². The zero-order valence-corrected chi connectivity index (χ0v) is 20.5. The van der Waals surface area contributed by atoms with E-state index in [1.54, 1.807) is 31.2 Å². The molecule has 0 aliphatic heterocycles. The number of nitrogens with one attached hydrogen (secondary N) is 1. The molecule has 1 atom stereocenters. The van der Waals surface area contributed by atoms with Gasteiger partial charge in [0.25, 0.3) is 5.56 Å². The van der Waals surface area contributed by atoms with Crippen LogP contribution in [0, 0.1) is 6.92 Å². The Kier molecular flexibility index (Phi) is 6.93. The van der Waals surface area contributed by atoms with Crippen molar-refractivity contribution < 1.29 is 14.9 Å². The summed E-state index contributed by atoms with van der Waals surface area (Å²) in [6.07, 6.45) is -0.994. The van der Waals surface area contributed by atoms with E-state index in [0.717, 1.165) is 15.7 Å². The van der Waals surface area contributed by atoms with Gasteiger partial charge in [0.1, 0.15) is 24.2 Å². The highest BCUT2D eigenvalue weighted by molar-refractivity contribution is 5.99. The molecule has 0 aliphatic rings. The van der Waals surface area contributed by atoms with Crippen molar-refractivity contribution in [2.24, 2.45) is 19.2 Å². The van der Waals surface area contributed by atoms with E-state index in [4.69, 9.17) is 4.74 Å². The van der Waals surface area contributed by atoms with Crippen LogP contribution in [0.5, 0.6) is 11.5 Å². The van der Waals surface area contributed by atoms with Crippen molar-refractivity contribution in [3.05, 3.63) is 80.5 Å². The first kappa shape index (κ1) is 24.7. The zero-order valence-electron chi connectivity index (χ0n) is 20.5. The number of fused-ring (bicyclic) bond motifs is 1. The molecule has 188 valence electrons. The Labute approximate surface area is 206 Å².